The number of hydrogen-bond donors (Lipinski definition) is 1. The van der Waals surface area contributed by atoms with Gasteiger partial charge in [0.2, 0.25) is 0 Å². The van der Waals surface area contributed by atoms with Crippen LogP contribution in [0.1, 0.15) is 5.56 Å². The van der Waals surface area contributed by atoms with Crippen molar-refractivity contribution >= 4 is 17.3 Å². The van der Waals surface area contributed by atoms with Gasteiger partial charge in [0.1, 0.15) is 16.8 Å². The largest absolute Gasteiger partial charge is 0.381 e. The van der Waals surface area contributed by atoms with E-state index in [1.54, 1.807) is 12.1 Å². The number of pyridine rings is 1. The number of halogens is 3. The Morgan fingerprint density at radius 2 is 1.88 bits per heavy atom. The first-order valence-corrected chi connectivity index (χ1v) is 5.33. The molecule has 1 aromatic carbocycles. The number of nitrogens with one attached hydrogen (secondary N) is 1. The number of aromatic nitrogens is 1. The monoisotopic (exact) mass is 254 g/mol. The molecule has 17 heavy (non-hydrogen) atoms. The van der Waals surface area contributed by atoms with Crippen LogP contribution in [0.15, 0.2) is 36.5 Å². The summed E-state index contributed by atoms with van der Waals surface area (Å²) in [6, 6.07) is 7.03. The van der Waals surface area contributed by atoms with Crippen molar-refractivity contribution in [2.45, 2.75) is 6.54 Å². The van der Waals surface area contributed by atoms with E-state index in [1.807, 2.05) is 0 Å². The number of nitrogens with zero attached hydrogens (tertiary/aromatic N) is 1. The van der Waals surface area contributed by atoms with Crippen LogP contribution in [0, 0.1) is 11.6 Å². The topological polar surface area (TPSA) is 24.9 Å². The molecule has 1 aromatic heterocycles. The molecule has 2 nitrogen and oxygen atoms in total. The second-order valence-corrected chi connectivity index (χ2v) is 3.81. The molecule has 0 atom stereocenters. The first kappa shape index (κ1) is 11.8. The Bertz CT molecular complexity index is 511. The van der Waals surface area contributed by atoms with Crippen molar-refractivity contribution in [3.63, 3.8) is 0 Å². The second kappa shape index (κ2) is 5.10. The molecule has 5 heteroatoms. The molecular weight excluding hydrogens is 246 g/mol. The standard InChI is InChI=1S/C12H9ClF2N2/c13-12-6-8(4-5-16-12)17-7-9-10(14)2-1-3-11(9)15/h1-6H,7H2,(H,16,17). The smallest absolute Gasteiger partial charge is 0.131 e. The van der Waals surface area contributed by atoms with Crippen LogP contribution in [-0.2, 0) is 6.54 Å². The Hall–Kier alpha value is -1.68. The molecule has 2 aromatic rings. The van der Waals surface area contributed by atoms with Crippen molar-refractivity contribution in [2.75, 3.05) is 5.32 Å². The summed E-state index contributed by atoms with van der Waals surface area (Å²) < 4.78 is 26.6. The van der Waals surface area contributed by atoms with Gasteiger partial charge in [0.05, 0.1) is 0 Å². The maximum atomic E-state index is 13.3. The van der Waals surface area contributed by atoms with E-state index in [4.69, 9.17) is 11.6 Å². The summed E-state index contributed by atoms with van der Waals surface area (Å²) in [5.74, 6) is -1.14. The quantitative estimate of drug-likeness (QED) is 0.846. The molecule has 0 aliphatic rings. The number of benzene rings is 1. The van der Waals surface area contributed by atoms with E-state index in [0.717, 1.165) is 0 Å². The van der Waals surface area contributed by atoms with Crippen LogP contribution in [0.4, 0.5) is 14.5 Å². The van der Waals surface area contributed by atoms with Crippen LogP contribution >= 0.6 is 11.6 Å². The van der Waals surface area contributed by atoms with Crippen LogP contribution in [-0.4, -0.2) is 4.98 Å². The number of hydrogen-bond acceptors (Lipinski definition) is 2. The van der Waals surface area contributed by atoms with Gasteiger partial charge in [-0.1, -0.05) is 17.7 Å². The Morgan fingerprint density at radius 3 is 2.53 bits per heavy atom. The Balaban J connectivity index is 2.13. The average molecular weight is 255 g/mol. The van der Waals surface area contributed by atoms with Gasteiger partial charge in [0.25, 0.3) is 0 Å². The minimum atomic E-state index is -0.572. The lowest BCUT2D eigenvalue weighted by Crippen LogP contribution is -2.04. The van der Waals surface area contributed by atoms with E-state index >= 15 is 0 Å². The van der Waals surface area contributed by atoms with Crippen LogP contribution in [0.2, 0.25) is 5.15 Å². The molecule has 0 aliphatic carbocycles. The zero-order valence-electron chi connectivity index (χ0n) is 8.75. The zero-order valence-corrected chi connectivity index (χ0v) is 9.51. The van der Waals surface area contributed by atoms with Crippen LogP contribution in [0.5, 0.6) is 0 Å². The molecule has 0 fully saturated rings. The summed E-state index contributed by atoms with van der Waals surface area (Å²) >= 11 is 5.69. The van der Waals surface area contributed by atoms with Crippen LogP contribution in [0.25, 0.3) is 0 Å². The molecule has 1 N–H and O–H groups in total. The first-order valence-electron chi connectivity index (χ1n) is 4.95. The average Bonchev–Trinajstić information content (AvgIpc) is 2.28. The van der Waals surface area contributed by atoms with Gasteiger partial charge in [-0.25, -0.2) is 13.8 Å². The molecule has 0 unspecified atom stereocenters. The van der Waals surface area contributed by atoms with Gasteiger partial charge >= 0.3 is 0 Å². The molecule has 88 valence electrons. The summed E-state index contributed by atoms with van der Waals surface area (Å²) in [5, 5.41) is 3.20. The van der Waals surface area contributed by atoms with Crippen molar-refractivity contribution in [3.05, 3.63) is 58.9 Å². The minimum absolute atomic E-state index is 0.000402. The van der Waals surface area contributed by atoms with Crippen LogP contribution in [0.3, 0.4) is 0 Å². The molecule has 0 saturated heterocycles. The fraction of sp³-hybridized carbons (Fsp3) is 0.0833. The van der Waals surface area contributed by atoms with E-state index in [-0.39, 0.29) is 12.1 Å². The maximum Gasteiger partial charge on any atom is 0.131 e. The van der Waals surface area contributed by atoms with E-state index in [0.29, 0.717) is 10.8 Å². The van der Waals surface area contributed by atoms with E-state index in [9.17, 15) is 8.78 Å². The highest BCUT2D eigenvalue weighted by Gasteiger charge is 2.07. The number of rotatable bonds is 3. The van der Waals surface area contributed by atoms with Crippen molar-refractivity contribution in [2.24, 2.45) is 0 Å². The molecule has 0 radical (unpaired) electrons. The summed E-state index contributed by atoms with van der Waals surface area (Å²) in [7, 11) is 0. The SMILES string of the molecule is Fc1cccc(F)c1CNc1ccnc(Cl)c1. The normalized spacial score (nSPS) is 10.3. The van der Waals surface area contributed by atoms with Gasteiger partial charge < -0.3 is 5.32 Å². The van der Waals surface area contributed by atoms with Gasteiger partial charge in [-0.2, -0.15) is 0 Å². The van der Waals surface area contributed by atoms with E-state index in [2.05, 4.69) is 10.3 Å². The van der Waals surface area contributed by atoms with Gasteiger partial charge in [-0.3, -0.25) is 0 Å². The number of anilines is 1. The summed E-state index contributed by atoms with van der Waals surface area (Å²) in [6.45, 7) is 0.0544. The predicted octanol–water partition coefficient (Wildman–Crippen LogP) is 3.63. The predicted molar refractivity (Wildman–Crippen MR) is 62.9 cm³/mol. The van der Waals surface area contributed by atoms with Crippen molar-refractivity contribution in [1.29, 1.82) is 0 Å². The van der Waals surface area contributed by atoms with Gasteiger partial charge in [-0.05, 0) is 24.3 Å². The summed E-state index contributed by atoms with van der Waals surface area (Å²) in [6.07, 6.45) is 1.52. The molecule has 0 spiro atoms. The van der Waals surface area contributed by atoms with E-state index < -0.39 is 11.6 Å². The fourth-order valence-corrected chi connectivity index (χ4v) is 1.58. The Kier molecular flexibility index (Phi) is 3.54. The zero-order chi connectivity index (χ0) is 12.3. The Morgan fingerprint density at radius 1 is 1.18 bits per heavy atom. The Labute approximate surface area is 102 Å². The summed E-state index contributed by atoms with van der Waals surface area (Å²) in [5.41, 5.74) is 0.660. The van der Waals surface area contributed by atoms with Crippen molar-refractivity contribution < 1.29 is 8.78 Å². The molecule has 0 saturated carbocycles. The van der Waals surface area contributed by atoms with Crippen LogP contribution < -0.4 is 5.32 Å². The maximum absolute atomic E-state index is 13.3. The third-order valence-corrected chi connectivity index (χ3v) is 2.46. The third-order valence-electron chi connectivity index (χ3n) is 2.26. The lowest BCUT2D eigenvalue weighted by atomic mass is 10.2. The highest BCUT2D eigenvalue weighted by Crippen LogP contribution is 2.16. The third kappa shape index (κ3) is 2.91. The molecule has 0 amide bonds. The molecular formula is C12H9ClF2N2. The highest BCUT2D eigenvalue weighted by molar-refractivity contribution is 6.29. The van der Waals surface area contributed by atoms with Gasteiger partial charge in [-0.15, -0.1) is 0 Å². The molecule has 1 heterocycles. The second-order valence-electron chi connectivity index (χ2n) is 3.42. The van der Waals surface area contributed by atoms with E-state index in [1.165, 1.54) is 24.4 Å². The summed E-state index contributed by atoms with van der Waals surface area (Å²) in [4.78, 5) is 3.81. The van der Waals surface area contributed by atoms with Gasteiger partial charge in [0.15, 0.2) is 0 Å². The molecule has 0 aliphatic heterocycles. The molecule has 2 rings (SSSR count). The van der Waals surface area contributed by atoms with Gasteiger partial charge in [0, 0.05) is 24.0 Å². The minimum Gasteiger partial charge on any atom is -0.381 e. The van der Waals surface area contributed by atoms with Crippen molar-refractivity contribution in [3.8, 4) is 0 Å². The first-order chi connectivity index (χ1) is 8.16. The van der Waals surface area contributed by atoms with Crippen molar-refractivity contribution in [1.82, 2.24) is 4.98 Å². The molecule has 0 bridgehead atoms. The fourth-order valence-electron chi connectivity index (χ4n) is 1.40. The lowest BCUT2D eigenvalue weighted by Gasteiger charge is -2.08. The highest BCUT2D eigenvalue weighted by atomic mass is 35.5. The lowest BCUT2D eigenvalue weighted by molar-refractivity contribution is 0.560.